The van der Waals surface area contributed by atoms with Crippen LogP contribution in [0.15, 0.2) is 0 Å². The van der Waals surface area contributed by atoms with Gasteiger partial charge in [0.1, 0.15) is 6.04 Å². The Labute approximate surface area is 91.3 Å². The van der Waals surface area contributed by atoms with E-state index in [9.17, 15) is 4.79 Å². The maximum Gasteiger partial charge on any atom is 0.323 e. The summed E-state index contributed by atoms with van der Waals surface area (Å²) in [6, 6.07) is -0.116. The Hall–Kier alpha value is -0.610. The van der Waals surface area contributed by atoms with E-state index in [1.165, 1.54) is 7.11 Å². The van der Waals surface area contributed by atoms with Gasteiger partial charge in [0.15, 0.2) is 0 Å². The summed E-state index contributed by atoms with van der Waals surface area (Å²) >= 11 is 0. The standard InChI is InChI=1S/C11H21NO3/c1-8(7-14-2)6-12-10(9-4-5-9)11(13)15-3/h8-10,12H,4-7H2,1-3H3. The van der Waals surface area contributed by atoms with E-state index in [0.717, 1.165) is 19.4 Å². The summed E-state index contributed by atoms with van der Waals surface area (Å²) in [5, 5.41) is 3.26. The number of rotatable bonds is 7. The largest absolute Gasteiger partial charge is 0.468 e. The zero-order valence-corrected chi connectivity index (χ0v) is 9.79. The second-order valence-corrected chi connectivity index (χ2v) is 4.31. The number of carbonyl (C=O) groups is 1. The van der Waals surface area contributed by atoms with Crippen molar-refractivity contribution in [2.45, 2.75) is 25.8 Å². The van der Waals surface area contributed by atoms with Crippen molar-refractivity contribution in [3.05, 3.63) is 0 Å². The van der Waals surface area contributed by atoms with Crippen LogP contribution in [-0.2, 0) is 14.3 Å². The molecular weight excluding hydrogens is 194 g/mol. The van der Waals surface area contributed by atoms with Gasteiger partial charge in [-0.1, -0.05) is 6.92 Å². The third kappa shape index (κ3) is 4.18. The molecule has 0 amide bonds. The summed E-state index contributed by atoms with van der Waals surface area (Å²) in [5.41, 5.74) is 0. The molecule has 1 N–H and O–H groups in total. The Kier molecular flexibility index (Phi) is 5.05. The quantitative estimate of drug-likeness (QED) is 0.638. The van der Waals surface area contributed by atoms with Gasteiger partial charge in [0.2, 0.25) is 0 Å². The van der Waals surface area contributed by atoms with Gasteiger partial charge in [-0.05, 0) is 24.7 Å². The zero-order chi connectivity index (χ0) is 11.3. The summed E-state index contributed by atoms with van der Waals surface area (Å²) in [6.07, 6.45) is 2.26. The van der Waals surface area contributed by atoms with Gasteiger partial charge in [0.05, 0.1) is 7.11 Å². The van der Waals surface area contributed by atoms with Crippen molar-refractivity contribution in [1.82, 2.24) is 5.32 Å². The average Bonchev–Trinajstić information content (AvgIpc) is 3.02. The number of carbonyl (C=O) groups excluding carboxylic acids is 1. The van der Waals surface area contributed by atoms with E-state index in [-0.39, 0.29) is 12.0 Å². The second kappa shape index (κ2) is 6.08. The molecule has 0 aliphatic heterocycles. The van der Waals surface area contributed by atoms with Crippen LogP contribution in [0.5, 0.6) is 0 Å². The SMILES string of the molecule is COCC(C)CNC(C(=O)OC)C1CC1. The highest BCUT2D eigenvalue weighted by molar-refractivity contribution is 5.76. The Bertz CT molecular complexity index is 204. The van der Waals surface area contributed by atoms with Crippen molar-refractivity contribution in [1.29, 1.82) is 0 Å². The Morgan fingerprint density at radius 3 is 2.60 bits per heavy atom. The van der Waals surface area contributed by atoms with Gasteiger partial charge < -0.3 is 14.8 Å². The third-order valence-electron chi connectivity index (χ3n) is 2.69. The van der Waals surface area contributed by atoms with Gasteiger partial charge in [-0.25, -0.2) is 0 Å². The van der Waals surface area contributed by atoms with Gasteiger partial charge in [-0.3, -0.25) is 4.79 Å². The molecule has 0 aromatic carbocycles. The highest BCUT2D eigenvalue weighted by Gasteiger charge is 2.36. The maximum atomic E-state index is 11.4. The van der Waals surface area contributed by atoms with Crippen molar-refractivity contribution >= 4 is 5.97 Å². The van der Waals surface area contributed by atoms with E-state index in [1.54, 1.807) is 7.11 Å². The Balaban J connectivity index is 2.28. The summed E-state index contributed by atoms with van der Waals surface area (Å²) in [5.74, 6) is 0.759. The average molecular weight is 215 g/mol. The topological polar surface area (TPSA) is 47.6 Å². The summed E-state index contributed by atoms with van der Waals surface area (Å²) in [6.45, 7) is 3.60. The molecule has 4 nitrogen and oxygen atoms in total. The van der Waals surface area contributed by atoms with Crippen molar-refractivity contribution in [2.75, 3.05) is 27.4 Å². The van der Waals surface area contributed by atoms with E-state index in [0.29, 0.717) is 18.4 Å². The van der Waals surface area contributed by atoms with Crippen LogP contribution >= 0.6 is 0 Å². The van der Waals surface area contributed by atoms with Crippen molar-refractivity contribution in [2.24, 2.45) is 11.8 Å². The fraction of sp³-hybridized carbons (Fsp3) is 0.909. The molecule has 1 aliphatic rings. The lowest BCUT2D eigenvalue weighted by Crippen LogP contribution is -2.42. The fourth-order valence-corrected chi connectivity index (χ4v) is 1.67. The number of hydrogen-bond acceptors (Lipinski definition) is 4. The lowest BCUT2D eigenvalue weighted by atomic mass is 10.1. The molecule has 1 rings (SSSR count). The minimum absolute atomic E-state index is 0.116. The van der Waals surface area contributed by atoms with Gasteiger partial charge in [-0.15, -0.1) is 0 Å². The van der Waals surface area contributed by atoms with E-state index in [4.69, 9.17) is 9.47 Å². The molecule has 4 heteroatoms. The molecule has 0 spiro atoms. The van der Waals surface area contributed by atoms with Gasteiger partial charge in [-0.2, -0.15) is 0 Å². The molecule has 0 radical (unpaired) electrons. The van der Waals surface area contributed by atoms with Gasteiger partial charge in [0.25, 0.3) is 0 Å². The third-order valence-corrected chi connectivity index (χ3v) is 2.69. The van der Waals surface area contributed by atoms with Crippen LogP contribution in [0.2, 0.25) is 0 Å². The monoisotopic (exact) mass is 215 g/mol. The van der Waals surface area contributed by atoms with Crippen LogP contribution in [0.3, 0.4) is 0 Å². The normalized spacial score (nSPS) is 19.7. The second-order valence-electron chi connectivity index (χ2n) is 4.31. The molecule has 0 heterocycles. The van der Waals surface area contributed by atoms with Crippen LogP contribution in [0.1, 0.15) is 19.8 Å². The van der Waals surface area contributed by atoms with Crippen LogP contribution in [0.25, 0.3) is 0 Å². The first-order valence-corrected chi connectivity index (χ1v) is 5.49. The first-order valence-electron chi connectivity index (χ1n) is 5.49. The summed E-state index contributed by atoms with van der Waals surface area (Å²) in [7, 11) is 3.13. The zero-order valence-electron chi connectivity index (χ0n) is 9.79. The first kappa shape index (κ1) is 12.5. The molecule has 1 fully saturated rings. The van der Waals surface area contributed by atoms with Crippen molar-refractivity contribution in [3.63, 3.8) is 0 Å². The number of ether oxygens (including phenoxy) is 2. The van der Waals surface area contributed by atoms with E-state index in [2.05, 4.69) is 12.2 Å². The van der Waals surface area contributed by atoms with Gasteiger partial charge in [0, 0.05) is 20.3 Å². The minimum atomic E-state index is -0.137. The molecule has 1 saturated carbocycles. The highest BCUT2D eigenvalue weighted by Crippen LogP contribution is 2.33. The number of methoxy groups -OCH3 is 2. The van der Waals surface area contributed by atoms with Crippen molar-refractivity contribution < 1.29 is 14.3 Å². The molecule has 0 bridgehead atoms. The molecule has 2 unspecified atom stereocenters. The fourth-order valence-electron chi connectivity index (χ4n) is 1.67. The molecule has 0 aromatic heterocycles. The first-order chi connectivity index (χ1) is 7.19. The van der Waals surface area contributed by atoms with E-state index < -0.39 is 0 Å². The number of hydrogen-bond donors (Lipinski definition) is 1. The van der Waals surface area contributed by atoms with E-state index >= 15 is 0 Å². The van der Waals surface area contributed by atoms with Crippen LogP contribution in [0.4, 0.5) is 0 Å². The Morgan fingerprint density at radius 2 is 2.13 bits per heavy atom. The van der Waals surface area contributed by atoms with Crippen LogP contribution in [-0.4, -0.2) is 39.4 Å². The van der Waals surface area contributed by atoms with Crippen LogP contribution in [0, 0.1) is 11.8 Å². The van der Waals surface area contributed by atoms with Crippen LogP contribution < -0.4 is 5.32 Å². The lowest BCUT2D eigenvalue weighted by Gasteiger charge is -2.18. The molecule has 2 atom stereocenters. The predicted molar refractivity (Wildman–Crippen MR) is 57.6 cm³/mol. The lowest BCUT2D eigenvalue weighted by molar-refractivity contribution is -0.143. The number of nitrogens with one attached hydrogen (secondary N) is 1. The van der Waals surface area contributed by atoms with Crippen molar-refractivity contribution in [3.8, 4) is 0 Å². The molecular formula is C11H21NO3. The molecule has 88 valence electrons. The van der Waals surface area contributed by atoms with E-state index in [1.807, 2.05) is 0 Å². The predicted octanol–water partition coefficient (Wildman–Crippen LogP) is 0.810. The highest BCUT2D eigenvalue weighted by atomic mass is 16.5. The summed E-state index contributed by atoms with van der Waals surface area (Å²) < 4.78 is 9.82. The maximum absolute atomic E-state index is 11.4. The summed E-state index contributed by atoms with van der Waals surface area (Å²) in [4.78, 5) is 11.4. The Morgan fingerprint density at radius 1 is 1.47 bits per heavy atom. The minimum Gasteiger partial charge on any atom is -0.468 e. The van der Waals surface area contributed by atoms with Gasteiger partial charge >= 0.3 is 5.97 Å². The molecule has 1 aliphatic carbocycles. The molecule has 0 saturated heterocycles. The molecule has 0 aromatic rings. The smallest absolute Gasteiger partial charge is 0.323 e. The number of esters is 1. The molecule has 15 heavy (non-hydrogen) atoms.